The van der Waals surface area contributed by atoms with Crippen LogP contribution in [-0.2, 0) is 0 Å². The Morgan fingerprint density at radius 3 is 3.08 bits per heavy atom. The number of rotatable bonds is 3. The zero-order chi connectivity index (χ0) is 9.84. The molecule has 1 amide bonds. The van der Waals surface area contributed by atoms with Crippen LogP contribution in [0, 0.1) is 0 Å². The summed E-state index contributed by atoms with van der Waals surface area (Å²) in [5.41, 5.74) is 6.88. The van der Waals surface area contributed by atoms with Gasteiger partial charge in [0.1, 0.15) is 4.88 Å². The van der Waals surface area contributed by atoms with Gasteiger partial charge in [-0.3, -0.25) is 4.79 Å². The molecule has 1 rings (SSSR count). The van der Waals surface area contributed by atoms with Crippen LogP contribution in [-0.4, -0.2) is 23.5 Å². The van der Waals surface area contributed by atoms with Crippen molar-refractivity contribution in [3.8, 4) is 0 Å². The van der Waals surface area contributed by atoms with Gasteiger partial charge >= 0.3 is 0 Å². The molecule has 0 radical (unpaired) electrons. The summed E-state index contributed by atoms with van der Waals surface area (Å²) in [7, 11) is 0. The van der Waals surface area contributed by atoms with Crippen molar-refractivity contribution in [1.29, 1.82) is 0 Å². The van der Waals surface area contributed by atoms with E-state index in [-0.39, 0.29) is 17.1 Å². The van der Waals surface area contributed by atoms with E-state index in [1.807, 2.05) is 6.92 Å². The summed E-state index contributed by atoms with van der Waals surface area (Å²) in [5, 5.41) is 2.94. The second-order valence-corrected chi connectivity index (χ2v) is 3.80. The van der Waals surface area contributed by atoms with Crippen LogP contribution in [0.15, 0.2) is 5.51 Å². The van der Waals surface area contributed by atoms with E-state index in [0.717, 1.165) is 0 Å². The van der Waals surface area contributed by atoms with E-state index in [9.17, 15) is 4.79 Å². The maximum Gasteiger partial charge on any atom is 0.264 e. The minimum absolute atomic E-state index is 0.0503. The van der Waals surface area contributed by atoms with E-state index in [0.29, 0.717) is 11.4 Å². The third-order valence-corrected chi connectivity index (χ3v) is 2.69. The molecule has 0 bridgehead atoms. The zero-order valence-electron chi connectivity index (χ0n) is 7.08. The molecule has 1 atom stereocenters. The number of halogens is 1. The Kier molecular flexibility index (Phi) is 3.65. The van der Waals surface area contributed by atoms with Crippen LogP contribution in [0.25, 0.3) is 0 Å². The third-order valence-electron chi connectivity index (χ3n) is 1.46. The van der Waals surface area contributed by atoms with Gasteiger partial charge in [-0.2, -0.15) is 0 Å². The molecule has 0 aliphatic rings. The maximum absolute atomic E-state index is 11.4. The number of thiazole rings is 1. The van der Waals surface area contributed by atoms with Crippen LogP contribution in [0.1, 0.15) is 16.6 Å². The number of aromatic nitrogens is 1. The van der Waals surface area contributed by atoms with Gasteiger partial charge < -0.3 is 11.1 Å². The van der Waals surface area contributed by atoms with E-state index in [4.69, 9.17) is 17.3 Å². The molecule has 72 valence electrons. The van der Waals surface area contributed by atoms with Gasteiger partial charge in [-0.05, 0) is 6.92 Å². The van der Waals surface area contributed by atoms with Gasteiger partial charge in [0, 0.05) is 12.6 Å². The molecular formula is C7H10ClN3OS. The quantitative estimate of drug-likeness (QED) is 0.793. The molecule has 0 aliphatic heterocycles. The number of amides is 1. The molecule has 4 nitrogen and oxygen atoms in total. The van der Waals surface area contributed by atoms with Gasteiger partial charge in [0.25, 0.3) is 5.91 Å². The topological polar surface area (TPSA) is 68.0 Å². The lowest BCUT2D eigenvalue weighted by atomic mass is 10.3. The molecular weight excluding hydrogens is 210 g/mol. The van der Waals surface area contributed by atoms with Crippen molar-refractivity contribution in [2.45, 2.75) is 13.0 Å². The lowest BCUT2D eigenvalue weighted by Crippen LogP contribution is -2.37. The van der Waals surface area contributed by atoms with Crippen molar-refractivity contribution in [1.82, 2.24) is 10.3 Å². The first-order valence-electron chi connectivity index (χ1n) is 3.75. The summed E-state index contributed by atoms with van der Waals surface area (Å²) < 4.78 is 0. The van der Waals surface area contributed by atoms with Gasteiger partial charge in [-0.25, -0.2) is 4.98 Å². The van der Waals surface area contributed by atoms with Gasteiger partial charge in [0.2, 0.25) is 0 Å². The second-order valence-electron chi connectivity index (χ2n) is 2.58. The van der Waals surface area contributed by atoms with Crippen molar-refractivity contribution in [3.05, 3.63) is 15.5 Å². The predicted octanol–water partition coefficient (Wildman–Crippen LogP) is 0.873. The normalized spacial score (nSPS) is 12.5. The summed E-state index contributed by atoms with van der Waals surface area (Å²) >= 11 is 6.88. The minimum atomic E-state index is -0.217. The molecule has 0 aliphatic carbocycles. The largest absolute Gasteiger partial charge is 0.348 e. The molecule has 13 heavy (non-hydrogen) atoms. The molecule has 1 aromatic rings. The average molecular weight is 220 g/mol. The summed E-state index contributed by atoms with van der Waals surface area (Å²) in [5.74, 6) is -0.217. The maximum atomic E-state index is 11.4. The van der Waals surface area contributed by atoms with Gasteiger partial charge in [-0.15, -0.1) is 11.3 Å². The van der Waals surface area contributed by atoms with Gasteiger partial charge in [0.05, 0.1) is 5.51 Å². The predicted molar refractivity (Wildman–Crippen MR) is 53.1 cm³/mol. The number of nitrogens with zero attached hydrogens (tertiary/aromatic N) is 1. The SMILES string of the molecule is C[C@@H](CN)NC(=O)c1scnc1Cl. The lowest BCUT2D eigenvalue weighted by Gasteiger charge is -2.09. The molecule has 0 fully saturated rings. The number of carbonyl (C=O) groups excluding carboxylic acids is 1. The standard InChI is InChI=1S/C7H10ClN3OS/c1-4(2-9)11-7(12)5-6(8)10-3-13-5/h3-4H,2,9H2,1H3,(H,11,12)/t4-/m0/s1. The lowest BCUT2D eigenvalue weighted by molar-refractivity contribution is 0.0945. The number of nitrogens with one attached hydrogen (secondary N) is 1. The Morgan fingerprint density at radius 1 is 1.92 bits per heavy atom. The van der Waals surface area contributed by atoms with E-state index in [1.54, 1.807) is 0 Å². The molecule has 1 aromatic heterocycles. The Hall–Kier alpha value is -0.650. The Morgan fingerprint density at radius 2 is 2.62 bits per heavy atom. The van der Waals surface area contributed by atoms with E-state index >= 15 is 0 Å². The molecule has 3 N–H and O–H groups in total. The molecule has 0 saturated heterocycles. The minimum Gasteiger partial charge on any atom is -0.348 e. The third kappa shape index (κ3) is 2.65. The molecule has 0 saturated carbocycles. The van der Waals surface area contributed by atoms with Crippen molar-refractivity contribution < 1.29 is 4.79 Å². The van der Waals surface area contributed by atoms with Crippen molar-refractivity contribution >= 4 is 28.8 Å². The highest BCUT2D eigenvalue weighted by Gasteiger charge is 2.14. The molecule has 6 heteroatoms. The Balaban J connectivity index is 2.64. The number of hydrogen-bond donors (Lipinski definition) is 2. The monoisotopic (exact) mass is 219 g/mol. The molecule has 0 aromatic carbocycles. The first-order chi connectivity index (χ1) is 6.15. The van der Waals surface area contributed by atoms with Gasteiger partial charge in [0.15, 0.2) is 5.15 Å². The second kappa shape index (κ2) is 4.55. The molecule has 0 spiro atoms. The highest BCUT2D eigenvalue weighted by Crippen LogP contribution is 2.17. The molecule has 1 heterocycles. The summed E-state index contributed by atoms with van der Waals surface area (Å²) in [4.78, 5) is 15.6. The van der Waals surface area contributed by atoms with Crippen LogP contribution in [0.4, 0.5) is 0 Å². The Labute approximate surface area is 85.1 Å². The zero-order valence-corrected chi connectivity index (χ0v) is 8.65. The Bertz CT molecular complexity index is 302. The highest BCUT2D eigenvalue weighted by atomic mass is 35.5. The van der Waals surface area contributed by atoms with E-state index < -0.39 is 0 Å². The fourth-order valence-corrected chi connectivity index (χ4v) is 1.63. The number of hydrogen-bond acceptors (Lipinski definition) is 4. The van der Waals surface area contributed by atoms with Crippen molar-refractivity contribution in [2.24, 2.45) is 5.73 Å². The number of nitrogens with two attached hydrogens (primary N) is 1. The average Bonchev–Trinajstić information content (AvgIpc) is 2.51. The first-order valence-corrected chi connectivity index (χ1v) is 5.00. The number of carbonyl (C=O) groups is 1. The van der Waals surface area contributed by atoms with E-state index in [2.05, 4.69) is 10.3 Å². The molecule has 0 unspecified atom stereocenters. The van der Waals surface area contributed by atoms with Crippen LogP contribution in [0.2, 0.25) is 5.15 Å². The smallest absolute Gasteiger partial charge is 0.264 e. The van der Waals surface area contributed by atoms with E-state index in [1.165, 1.54) is 16.8 Å². The van der Waals surface area contributed by atoms with Crippen LogP contribution in [0.3, 0.4) is 0 Å². The fraction of sp³-hybridized carbons (Fsp3) is 0.429. The summed E-state index contributed by atoms with van der Waals surface area (Å²) in [6, 6.07) is -0.0503. The summed E-state index contributed by atoms with van der Waals surface area (Å²) in [6.07, 6.45) is 0. The van der Waals surface area contributed by atoms with Crippen molar-refractivity contribution in [3.63, 3.8) is 0 Å². The van der Waals surface area contributed by atoms with Crippen LogP contribution in [0.5, 0.6) is 0 Å². The van der Waals surface area contributed by atoms with Crippen molar-refractivity contribution in [2.75, 3.05) is 6.54 Å². The highest BCUT2D eigenvalue weighted by molar-refractivity contribution is 7.12. The van der Waals surface area contributed by atoms with Gasteiger partial charge in [-0.1, -0.05) is 11.6 Å². The van der Waals surface area contributed by atoms with Crippen LogP contribution >= 0.6 is 22.9 Å². The fourth-order valence-electron chi connectivity index (χ4n) is 0.728. The summed E-state index contributed by atoms with van der Waals surface area (Å²) in [6.45, 7) is 2.23. The first kappa shape index (κ1) is 10.4. The van der Waals surface area contributed by atoms with Crippen LogP contribution < -0.4 is 11.1 Å².